The Balaban J connectivity index is 0.000000199. The minimum Gasteiger partial charge on any atom is -0.344 e. The van der Waals surface area contributed by atoms with Crippen molar-refractivity contribution in [1.29, 1.82) is 0 Å². The van der Waals surface area contributed by atoms with E-state index >= 15 is 0 Å². The third-order valence-electron chi connectivity index (χ3n) is 3.93. The molecule has 2 aromatic rings. The van der Waals surface area contributed by atoms with Gasteiger partial charge in [0, 0.05) is 35.4 Å². The molecule has 0 N–H and O–H groups in total. The monoisotopic (exact) mass is 374 g/mol. The van der Waals surface area contributed by atoms with Gasteiger partial charge in [-0.1, -0.05) is 0 Å². The zero-order valence-corrected chi connectivity index (χ0v) is 14.8. The van der Waals surface area contributed by atoms with Gasteiger partial charge in [-0.05, 0) is 38.1 Å². The Hall–Kier alpha value is -3.17. The third-order valence-corrected chi connectivity index (χ3v) is 3.93. The van der Waals surface area contributed by atoms with Crippen LogP contribution in [0.15, 0.2) is 48.5 Å². The summed E-state index contributed by atoms with van der Waals surface area (Å²) in [7, 11) is 0. The van der Waals surface area contributed by atoms with Crippen LogP contribution in [0, 0.1) is 20.2 Å². The van der Waals surface area contributed by atoms with Gasteiger partial charge in [0.15, 0.2) is 11.6 Å². The highest BCUT2D eigenvalue weighted by Gasteiger charge is 2.33. The number of hydrogen-bond acceptors (Lipinski definition) is 7. The Morgan fingerprint density at radius 2 is 1.30 bits per heavy atom. The molecule has 9 nitrogen and oxygen atoms in total. The molecule has 0 radical (unpaired) electrons. The first-order valence-electron chi connectivity index (χ1n) is 8.01. The van der Waals surface area contributed by atoms with Crippen molar-refractivity contribution in [3.63, 3.8) is 0 Å². The van der Waals surface area contributed by atoms with Crippen LogP contribution in [0.5, 0.6) is 0 Å². The second kappa shape index (κ2) is 8.47. The Bertz CT molecular complexity index is 793. The van der Waals surface area contributed by atoms with Crippen molar-refractivity contribution >= 4 is 17.2 Å². The van der Waals surface area contributed by atoms with Crippen LogP contribution in [-0.4, -0.2) is 28.8 Å². The highest BCUT2D eigenvalue weighted by atomic mass is 16.7. The van der Waals surface area contributed by atoms with E-state index in [9.17, 15) is 25.0 Å². The fraction of sp³-hybridized carbons (Fsp3) is 0.278. The number of ether oxygens (including phenoxy) is 2. The van der Waals surface area contributed by atoms with Crippen molar-refractivity contribution in [1.82, 2.24) is 0 Å². The van der Waals surface area contributed by atoms with Crippen molar-refractivity contribution in [3.05, 3.63) is 79.9 Å². The Kier molecular flexibility index (Phi) is 6.32. The maximum absolute atomic E-state index is 10.8. The lowest BCUT2D eigenvalue weighted by Crippen LogP contribution is -2.22. The van der Waals surface area contributed by atoms with E-state index in [4.69, 9.17) is 9.47 Å². The molecule has 2 aromatic carbocycles. The van der Waals surface area contributed by atoms with Gasteiger partial charge in [0.05, 0.1) is 23.1 Å². The van der Waals surface area contributed by atoms with Crippen molar-refractivity contribution in [2.75, 3.05) is 13.2 Å². The number of carbonyl (C=O) groups is 1. The number of nitro benzene ring substituents is 2. The molecule has 0 aromatic heterocycles. The van der Waals surface area contributed by atoms with Crippen molar-refractivity contribution < 1.29 is 24.1 Å². The fourth-order valence-corrected chi connectivity index (χ4v) is 2.38. The van der Waals surface area contributed by atoms with Crippen LogP contribution in [0.2, 0.25) is 0 Å². The number of nitrogens with zero attached hydrogens (tertiary/aromatic N) is 2. The van der Waals surface area contributed by atoms with E-state index < -0.39 is 15.6 Å². The molecular weight excluding hydrogens is 356 g/mol. The van der Waals surface area contributed by atoms with Crippen molar-refractivity contribution in [3.8, 4) is 0 Å². The van der Waals surface area contributed by atoms with Crippen molar-refractivity contribution in [2.45, 2.75) is 19.6 Å². The summed E-state index contributed by atoms with van der Waals surface area (Å²) in [6, 6.07) is 11.7. The molecule has 1 heterocycles. The van der Waals surface area contributed by atoms with Crippen LogP contribution in [0.3, 0.4) is 0 Å². The highest BCUT2D eigenvalue weighted by Crippen LogP contribution is 2.31. The number of non-ortho nitro benzene ring substituents is 2. The molecule has 0 saturated carbocycles. The number of hydrogen-bond donors (Lipinski definition) is 0. The Morgan fingerprint density at radius 3 is 1.67 bits per heavy atom. The van der Waals surface area contributed by atoms with Gasteiger partial charge < -0.3 is 9.47 Å². The molecule has 1 aliphatic heterocycles. The summed E-state index contributed by atoms with van der Waals surface area (Å²) in [4.78, 5) is 30.5. The van der Waals surface area contributed by atoms with E-state index in [1.165, 1.54) is 43.3 Å². The number of ketones is 1. The number of rotatable bonds is 4. The van der Waals surface area contributed by atoms with Crippen LogP contribution < -0.4 is 0 Å². The number of nitro groups is 2. The van der Waals surface area contributed by atoms with Gasteiger partial charge in [0.1, 0.15) is 0 Å². The number of benzene rings is 2. The van der Waals surface area contributed by atoms with E-state index in [2.05, 4.69) is 0 Å². The van der Waals surface area contributed by atoms with Gasteiger partial charge in [-0.2, -0.15) is 0 Å². The normalized spacial score (nSPS) is 14.7. The van der Waals surface area contributed by atoms with E-state index in [0.29, 0.717) is 18.8 Å². The highest BCUT2D eigenvalue weighted by molar-refractivity contribution is 5.94. The van der Waals surface area contributed by atoms with E-state index in [-0.39, 0.29) is 17.2 Å². The van der Waals surface area contributed by atoms with Crippen LogP contribution in [0.1, 0.15) is 29.8 Å². The largest absolute Gasteiger partial charge is 0.344 e. The maximum Gasteiger partial charge on any atom is 0.269 e. The SMILES string of the molecule is CC(=O)c1ccc([N+](=O)[O-])cc1.CC1(c2ccc([N+](=O)[O-])cc2)OCCO1. The summed E-state index contributed by atoms with van der Waals surface area (Å²) >= 11 is 0. The van der Waals surface area contributed by atoms with E-state index in [1.807, 2.05) is 0 Å². The summed E-state index contributed by atoms with van der Waals surface area (Å²) < 4.78 is 10.9. The summed E-state index contributed by atoms with van der Waals surface area (Å²) in [6.45, 7) is 4.32. The first-order chi connectivity index (χ1) is 12.7. The molecule has 0 aliphatic carbocycles. The molecule has 0 amide bonds. The zero-order chi connectivity index (χ0) is 20.0. The number of carbonyl (C=O) groups excluding carboxylic acids is 1. The molecular formula is C18H18N2O7. The summed E-state index contributed by atoms with van der Waals surface area (Å²) in [5.74, 6) is -0.848. The zero-order valence-electron chi connectivity index (χ0n) is 14.8. The van der Waals surface area contributed by atoms with Gasteiger partial charge in [-0.3, -0.25) is 25.0 Å². The lowest BCUT2D eigenvalue weighted by molar-refractivity contribution is -0.385. The Morgan fingerprint density at radius 1 is 0.889 bits per heavy atom. The van der Waals surface area contributed by atoms with Gasteiger partial charge in [-0.25, -0.2) is 0 Å². The molecule has 142 valence electrons. The van der Waals surface area contributed by atoms with Crippen LogP contribution >= 0.6 is 0 Å². The average molecular weight is 374 g/mol. The summed E-state index contributed by atoms with van der Waals surface area (Å²) in [5.41, 5.74) is 1.35. The molecule has 1 aliphatic rings. The predicted octanol–water partition coefficient (Wildman–Crippen LogP) is 3.61. The van der Waals surface area contributed by atoms with Gasteiger partial charge in [0.2, 0.25) is 0 Å². The second-order valence-electron chi connectivity index (χ2n) is 5.81. The molecule has 0 bridgehead atoms. The standard InChI is InChI=1S/C10H11NO4.C8H7NO3/c1-10(14-6-7-15-10)8-2-4-9(5-3-8)11(12)13;1-6(10)7-2-4-8(5-3-7)9(11)12/h2-5H,6-7H2,1H3;2-5H,1H3. The first-order valence-corrected chi connectivity index (χ1v) is 8.01. The van der Waals surface area contributed by atoms with Crippen LogP contribution in [-0.2, 0) is 15.3 Å². The smallest absolute Gasteiger partial charge is 0.269 e. The quantitative estimate of drug-likeness (QED) is 0.455. The van der Waals surface area contributed by atoms with Gasteiger partial charge in [0.25, 0.3) is 11.4 Å². The molecule has 0 spiro atoms. The Labute approximate surface area is 154 Å². The average Bonchev–Trinajstić information content (AvgIpc) is 3.10. The maximum atomic E-state index is 10.8. The second-order valence-corrected chi connectivity index (χ2v) is 5.81. The summed E-state index contributed by atoms with van der Waals surface area (Å²) in [6.07, 6.45) is 0. The molecule has 1 fully saturated rings. The lowest BCUT2D eigenvalue weighted by Gasteiger charge is -2.22. The summed E-state index contributed by atoms with van der Waals surface area (Å²) in [5, 5.41) is 20.7. The van der Waals surface area contributed by atoms with Gasteiger partial charge >= 0.3 is 0 Å². The van der Waals surface area contributed by atoms with Crippen molar-refractivity contribution in [2.24, 2.45) is 0 Å². The number of Topliss-reactive ketones (excluding diaryl/α,β-unsaturated/α-hetero) is 1. The fourth-order valence-electron chi connectivity index (χ4n) is 2.38. The molecule has 0 unspecified atom stereocenters. The lowest BCUT2D eigenvalue weighted by atomic mass is 10.1. The van der Waals surface area contributed by atoms with E-state index in [0.717, 1.165) is 5.56 Å². The third kappa shape index (κ3) is 5.16. The molecule has 27 heavy (non-hydrogen) atoms. The minimum absolute atomic E-state index is 0.000000000000000222. The molecule has 9 heteroatoms. The van der Waals surface area contributed by atoms with E-state index in [1.54, 1.807) is 19.1 Å². The van der Waals surface area contributed by atoms with Crippen LogP contribution in [0.4, 0.5) is 11.4 Å². The molecule has 0 atom stereocenters. The molecule has 1 saturated heterocycles. The van der Waals surface area contributed by atoms with Crippen LogP contribution in [0.25, 0.3) is 0 Å². The van der Waals surface area contributed by atoms with Gasteiger partial charge in [-0.15, -0.1) is 0 Å². The molecule has 3 rings (SSSR count). The predicted molar refractivity (Wildman–Crippen MR) is 95.5 cm³/mol. The first kappa shape index (κ1) is 20.1. The minimum atomic E-state index is -0.755. The topological polar surface area (TPSA) is 122 Å².